The van der Waals surface area contributed by atoms with Crippen molar-refractivity contribution >= 4 is 11.6 Å². The molecule has 1 aliphatic rings. The van der Waals surface area contributed by atoms with Crippen LogP contribution in [0.4, 0.5) is 18.9 Å². The molecule has 9 heteroatoms. The van der Waals surface area contributed by atoms with Crippen molar-refractivity contribution in [1.82, 2.24) is 15.0 Å². The lowest BCUT2D eigenvalue weighted by Crippen LogP contribution is -2.21. The minimum Gasteiger partial charge on any atom is -0.468 e. The highest BCUT2D eigenvalue weighted by molar-refractivity contribution is 6.04. The number of halogens is 3. The minimum atomic E-state index is -4.45. The summed E-state index contributed by atoms with van der Waals surface area (Å²) in [5.41, 5.74) is 1.20. The molecule has 3 rings (SSSR count). The fraction of sp³-hybridized carbons (Fsp3) is 0.412. The van der Waals surface area contributed by atoms with Crippen LogP contribution >= 0.6 is 0 Å². The second-order valence-corrected chi connectivity index (χ2v) is 6.08. The first-order valence-corrected chi connectivity index (χ1v) is 8.18. The van der Waals surface area contributed by atoms with Gasteiger partial charge >= 0.3 is 6.18 Å². The lowest BCUT2D eigenvalue weighted by Gasteiger charge is -2.17. The Balaban J connectivity index is 1.82. The number of amides is 1. The smallest absolute Gasteiger partial charge is 0.422 e. The Morgan fingerprint density at radius 1 is 1.19 bits per heavy atom. The number of carbonyl (C=O) groups excluding carboxylic acids is 1. The lowest BCUT2D eigenvalue weighted by atomic mass is 9.97. The van der Waals surface area contributed by atoms with E-state index >= 15 is 0 Å². The van der Waals surface area contributed by atoms with E-state index in [0.29, 0.717) is 11.3 Å². The van der Waals surface area contributed by atoms with Crippen molar-refractivity contribution in [2.24, 2.45) is 0 Å². The molecule has 0 saturated heterocycles. The number of nitrogens with zero attached hydrogens (tertiary/aromatic N) is 3. The van der Waals surface area contributed by atoms with Gasteiger partial charge in [0.05, 0.1) is 23.6 Å². The fourth-order valence-electron chi connectivity index (χ4n) is 2.96. The van der Waals surface area contributed by atoms with Crippen LogP contribution in [0, 0.1) is 0 Å². The van der Waals surface area contributed by atoms with Crippen molar-refractivity contribution in [2.75, 3.05) is 11.9 Å². The first-order valence-electron chi connectivity index (χ1n) is 8.18. The molecule has 1 saturated carbocycles. The van der Waals surface area contributed by atoms with Crippen LogP contribution < -0.4 is 10.1 Å². The Hall–Kier alpha value is -2.71. The predicted molar refractivity (Wildman–Crippen MR) is 87.0 cm³/mol. The van der Waals surface area contributed by atoms with Gasteiger partial charge in [0.2, 0.25) is 5.88 Å². The number of anilines is 1. The molecule has 0 unspecified atom stereocenters. The standard InChI is InChI=1S/C17H17F3N4O2/c18-17(19,20)9-26-16-14(11-3-1-2-4-11)5-12(6-23-16)15(25)24-13-7-21-10-22-8-13/h5-8,10-11H,1-4,9H2,(H,24,25). The van der Waals surface area contributed by atoms with Gasteiger partial charge in [-0.15, -0.1) is 0 Å². The molecule has 2 heterocycles. The number of ether oxygens (including phenoxy) is 1. The van der Waals surface area contributed by atoms with Crippen molar-refractivity contribution in [3.8, 4) is 5.88 Å². The molecular weight excluding hydrogens is 349 g/mol. The summed E-state index contributed by atoms with van der Waals surface area (Å²) >= 11 is 0. The summed E-state index contributed by atoms with van der Waals surface area (Å²) in [7, 11) is 0. The molecular formula is C17H17F3N4O2. The molecule has 2 aromatic heterocycles. The quantitative estimate of drug-likeness (QED) is 0.873. The van der Waals surface area contributed by atoms with Gasteiger partial charge in [-0.05, 0) is 24.8 Å². The third-order valence-electron chi connectivity index (χ3n) is 4.13. The number of nitrogens with one attached hydrogen (secondary N) is 1. The summed E-state index contributed by atoms with van der Waals surface area (Å²) in [4.78, 5) is 24.0. The Bertz CT molecular complexity index is 762. The molecule has 2 aromatic rings. The molecule has 0 aliphatic heterocycles. The van der Waals surface area contributed by atoms with Crippen LogP contribution in [0.25, 0.3) is 0 Å². The van der Waals surface area contributed by atoms with Gasteiger partial charge in [-0.2, -0.15) is 13.2 Å². The van der Waals surface area contributed by atoms with Crippen LogP contribution in [0.5, 0.6) is 5.88 Å². The van der Waals surface area contributed by atoms with Gasteiger partial charge in [-0.1, -0.05) is 12.8 Å². The molecule has 1 amide bonds. The highest BCUT2D eigenvalue weighted by Crippen LogP contribution is 2.38. The monoisotopic (exact) mass is 366 g/mol. The lowest BCUT2D eigenvalue weighted by molar-refractivity contribution is -0.154. The Kier molecular flexibility index (Phi) is 5.34. The number of carbonyl (C=O) groups is 1. The number of pyridine rings is 1. The van der Waals surface area contributed by atoms with Crippen LogP contribution in [0.3, 0.4) is 0 Å². The largest absolute Gasteiger partial charge is 0.468 e. The van der Waals surface area contributed by atoms with Crippen molar-refractivity contribution in [2.45, 2.75) is 37.8 Å². The van der Waals surface area contributed by atoms with Crippen LogP contribution in [0.2, 0.25) is 0 Å². The van der Waals surface area contributed by atoms with Crippen LogP contribution in [-0.2, 0) is 0 Å². The fourth-order valence-corrected chi connectivity index (χ4v) is 2.96. The van der Waals surface area contributed by atoms with Crippen LogP contribution in [-0.4, -0.2) is 33.6 Å². The maximum Gasteiger partial charge on any atom is 0.422 e. The Morgan fingerprint density at radius 3 is 2.54 bits per heavy atom. The van der Waals surface area contributed by atoms with Gasteiger partial charge in [0.1, 0.15) is 6.33 Å². The maximum atomic E-state index is 12.5. The molecule has 0 radical (unpaired) electrons. The zero-order valence-corrected chi connectivity index (χ0v) is 13.8. The molecule has 0 atom stereocenters. The third kappa shape index (κ3) is 4.68. The van der Waals surface area contributed by atoms with Gasteiger partial charge in [-0.3, -0.25) is 4.79 Å². The van der Waals surface area contributed by atoms with Gasteiger partial charge in [0.25, 0.3) is 5.91 Å². The summed E-state index contributed by atoms with van der Waals surface area (Å²) in [6.07, 6.45) is 4.63. The molecule has 0 bridgehead atoms. The third-order valence-corrected chi connectivity index (χ3v) is 4.13. The van der Waals surface area contributed by atoms with E-state index in [1.54, 1.807) is 6.07 Å². The van der Waals surface area contributed by atoms with E-state index in [4.69, 9.17) is 4.74 Å². The normalized spacial score (nSPS) is 15.0. The van der Waals surface area contributed by atoms with Crippen molar-refractivity contribution in [3.63, 3.8) is 0 Å². The molecule has 0 spiro atoms. The van der Waals surface area contributed by atoms with Gasteiger partial charge in [0.15, 0.2) is 6.61 Å². The second-order valence-electron chi connectivity index (χ2n) is 6.08. The molecule has 0 aromatic carbocycles. The summed E-state index contributed by atoms with van der Waals surface area (Å²) < 4.78 is 42.3. The van der Waals surface area contributed by atoms with Crippen LogP contribution in [0.15, 0.2) is 31.0 Å². The molecule has 138 valence electrons. The number of rotatable bonds is 5. The van der Waals surface area contributed by atoms with E-state index in [0.717, 1.165) is 25.7 Å². The highest BCUT2D eigenvalue weighted by atomic mass is 19.4. The zero-order valence-electron chi connectivity index (χ0n) is 13.8. The van der Waals surface area contributed by atoms with Gasteiger partial charge < -0.3 is 10.1 Å². The predicted octanol–water partition coefficient (Wildman–Crippen LogP) is 3.72. The van der Waals surface area contributed by atoms with E-state index < -0.39 is 18.7 Å². The minimum absolute atomic E-state index is 0.0403. The first kappa shape index (κ1) is 18.1. The zero-order chi connectivity index (χ0) is 18.6. The van der Waals surface area contributed by atoms with E-state index in [1.807, 2.05) is 0 Å². The van der Waals surface area contributed by atoms with E-state index in [9.17, 15) is 18.0 Å². The van der Waals surface area contributed by atoms with Crippen molar-refractivity contribution in [1.29, 1.82) is 0 Å². The van der Waals surface area contributed by atoms with Crippen LogP contribution in [0.1, 0.15) is 47.5 Å². The number of alkyl halides is 3. The average molecular weight is 366 g/mol. The number of aromatic nitrogens is 3. The molecule has 1 fully saturated rings. The van der Waals surface area contributed by atoms with E-state index in [1.165, 1.54) is 24.9 Å². The number of hydrogen-bond donors (Lipinski definition) is 1. The number of hydrogen-bond acceptors (Lipinski definition) is 5. The molecule has 1 aliphatic carbocycles. The summed E-state index contributed by atoms with van der Waals surface area (Å²) in [6, 6.07) is 1.56. The SMILES string of the molecule is O=C(Nc1cncnc1)c1cnc(OCC(F)(F)F)c(C2CCCC2)c1. The van der Waals surface area contributed by atoms with Crippen molar-refractivity contribution < 1.29 is 22.7 Å². The molecule has 6 nitrogen and oxygen atoms in total. The second kappa shape index (κ2) is 7.67. The summed E-state index contributed by atoms with van der Waals surface area (Å²) in [5, 5.41) is 2.63. The summed E-state index contributed by atoms with van der Waals surface area (Å²) in [6.45, 7) is -1.41. The first-order chi connectivity index (χ1) is 12.4. The maximum absolute atomic E-state index is 12.5. The summed E-state index contributed by atoms with van der Waals surface area (Å²) in [5.74, 6) is -0.457. The average Bonchev–Trinajstić information content (AvgIpc) is 3.14. The topological polar surface area (TPSA) is 77.0 Å². The van der Waals surface area contributed by atoms with Gasteiger partial charge in [0, 0.05) is 11.8 Å². The van der Waals surface area contributed by atoms with E-state index in [-0.39, 0.29) is 17.4 Å². The van der Waals surface area contributed by atoms with Crippen molar-refractivity contribution in [3.05, 3.63) is 42.1 Å². The molecule has 26 heavy (non-hydrogen) atoms. The van der Waals surface area contributed by atoms with Gasteiger partial charge in [-0.25, -0.2) is 15.0 Å². The molecule has 1 N–H and O–H groups in total. The Morgan fingerprint density at radius 2 is 1.88 bits per heavy atom. The van der Waals surface area contributed by atoms with E-state index in [2.05, 4.69) is 20.3 Å². The Labute approximate surface area is 147 Å². The highest BCUT2D eigenvalue weighted by Gasteiger charge is 2.30.